The van der Waals surface area contributed by atoms with Gasteiger partial charge in [0, 0.05) is 19.0 Å². The molecule has 1 aromatic heterocycles. The number of anilines is 1. The summed E-state index contributed by atoms with van der Waals surface area (Å²) in [7, 11) is -10.8. The van der Waals surface area contributed by atoms with E-state index < -0.39 is 83.7 Å². The largest absolute Gasteiger partial charge is 0.481 e. The van der Waals surface area contributed by atoms with Crippen LogP contribution < -0.4 is 11.4 Å². The van der Waals surface area contributed by atoms with Crippen molar-refractivity contribution < 1.29 is 71.0 Å². The number of aromatic nitrogens is 2. The minimum absolute atomic E-state index is 0.0319. The molecule has 6 N–H and O–H groups in total. The number of nitrogens with two attached hydrogens (primary N) is 1. The summed E-state index contributed by atoms with van der Waals surface area (Å²) in [6, 6.07) is 1.25. The molecule has 0 aliphatic carbocycles. The lowest BCUT2D eigenvalue weighted by Gasteiger charge is -2.21. The lowest BCUT2D eigenvalue weighted by Crippen LogP contribution is -2.36. The molecule has 19 nitrogen and oxygen atoms in total. The first kappa shape index (κ1) is 57.8. The molecule has 0 bridgehead atoms. The number of nitrogen functional groups attached to an aromatic ring is 1. The number of aliphatic hydroxyl groups excluding tert-OH is 2. The topological polar surface area (TPSA) is 278 Å². The number of hydrogen-bond donors (Lipinski definition) is 5. The number of aliphatic hydroxyl groups is 2. The number of carbonyl (C=O) groups is 2. The fourth-order valence-electron chi connectivity index (χ4n) is 7.53. The third-order valence-electron chi connectivity index (χ3n) is 11.8. The van der Waals surface area contributed by atoms with Crippen LogP contribution >= 0.6 is 15.6 Å². The predicted molar refractivity (Wildman–Crippen MR) is 247 cm³/mol. The summed E-state index contributed by atoms with van der Waals surface area (Å²) in [6.07, 6.45) is 20.5. The molecule has 21 heteroatoms. The Morgan fingerprint density at radius 2 is 1.44 bits per heavy atom. The second-order valence-electron chi connectivity index (χ2n) is 17.6. The molecule has 2 fully saturated rings. The number of esters is 2. The second kappa shape index (κ2) is 31.6. The van der Waals surface area contributed by atoms with Gasteiger partial charge in [-0.05, 0) is 50.5 Å². The molecular formula is C45H79N3O16P2. The maximum absolute atomic E-state index is 12.8. The lowest BCUT2D eigenvalue weighted by atomic mass is 9.99. The van der Waals surface area contributed by atoms with Crippen LogP contribution in [-0.2, 0) is 51.0 Å². The normalized spacial score (nSPS) is 23.3. The van der Waals surface area contributed by atoms with Crippen molar-refractivity contribution in [3.63, 3.8) is 0 Å². The smallest absolute Gasteiger partial charge is 0.462 e. The van der Waals surface area contributed by atoms with Crippen molar-refractivity contribution in [3.8, 4) is 0 Å². The second-order valence-corrected chi connectivity index (χ2v) is 20.6. The minimum Gasteiger partial charge on any atom is -0.462 e. The Morgan fingerprint density at radius 3 is 2.11 bits per heavy atom. The molecule has 5 unspecified atom stereocenters. The van der Waals surface area contributed by atoms with Crippen LogP contribution in [0.3, 0.4) is 0 Å². The molecule has 0 saturated carbocycles. The number of nitrogens with zero attached hydrogens (tertiary/aromatic N) is 2. The summed E-state index contributed by atoms with van der Waals surface area (Å²) >= 11 is 0. The van der Waals surface area contributed by atoms with E-state index in [0.29, 0.717) is 25.0 Å². The highest BCUT2D eigenvalue weighted by molar-refractivity contribution is 7.61. The van der Waals surface area contributed by atoms with E-state index in [-0.39, 0.29) is 18.7 Å². The average molecular weight is 980 g/mol. The van der Waals surface area contributed by atoms with Gasteiger partial charge in [0.1, 0.15) is 30.7 Å². The van der Waals surface area contributed by atoms with Gasteiger partial charge in [-0.2, -0.15) is 9.29 Å². The molecule has 2 saturated heterocycles. The van der Waals surface area contributed by atoms with E-state index in [9.17, 15) is 43.5 Å². The Labute approximate surface area is 390 Å². The van der Waals surface area contributed by atoms with Gasteiger partial charge in [0.2, 0.25) is 0 Å². The quantitative estimate of drug-likeness (QED) is 0.0137. The molecule has 10 atom stereocenters. The van der Waals surface area contributed by atoms with Crippen LogP contribution in [0.5, 0.6) is 0 Å². The zero-order valence-electron chi connectivity index (χ0n) is 39.4. The van der Waals surface area contributed by atoms with Crippen molar-refractivity contribution in [1.82, 2.24) is 9.55 Å². The Balaban J connectivity index is 1.41. The molecule has 2 aliphatic rings. The van der Waals surface area contributed by atoms with E-state index in [0.717, 1.165) is 87.3 Å². The molecule has 3 rings (SSSR count). The molecule has 3 heterocycles. The Hall–Kier alpha value is -2.54. The van der Waals surface area contributed by atoms with E-state index in [1.54, 1.807) is 0 Å². The van der Waals surface area contributed by atoms with Gasteiger partial charge in [-0.1, -0.05) is 129 Å². The standard InChI is InChI=1S/C45H79N3O16P2/c1-4-6-19-25-36-37(62-36)26-21-16-12-8-10-14-18-23-28-41(50)61-35(31-58-40(49)27-22-17-13-9-7-11-15-20-24-34(3)5-2)32-59-65(54,55)64-66(56,57)60-33-38-42(51)43(52)44(63-38)48-30-29-39(46)47-45(48)53/h16,21,29-30,34-38,42-44,51-52H,4-15,17-20,22-28,31-33H2,1-3H3,(H,54,55)(H,56,57)(H2,46,47,53)/b21-16-/t34?,35-,36?,37?,38-,42-,43-,44-/m1/s1. The summed E-state index contributed by atoms with van der Waals surface area (Å²) in [4.78, 5) is 61.8. The third kappa shape index (κ3) is 24.1. The van der Waals surface area contributed by atoms with Gasteiger partial charge in [0.15, 0.2) is 12.3 Å². The number of carbonyl (C=O) groups excluding carboxylic acids is 2. The predicted octanol–water partition coefficient (Wildman–Crippen LogP) is 8.12. The van der Waals surface area contributed by atoms with Gasteiger partial charge in [-0.15, -0.1) is 0 Å². The lowest BCUT2D eigenvalue weighted by molar-refractivity contribution is -0.161. The molecule has 66 heavy (non-hydrogen) atoms. The van der Waals surface area contributed by atoms with Crippen LogP contribution in [0.1, 0.15) is 175 Å². The highest BCUT2D eigenvalue weighted by atomic mass is 31.3. The van der Waals surface area contributed by atoms with Crippen LogP contribution in [0.2, 0.25) is 0 Å². The van der Waals surface area contributed by atoms with Gasteiger partial charge in [0.05, 0.1) is 25.4 Å². The number of ether oxygens (including phenoxy) is 4. The molecule has 0 aromatic carbocycles. The van der Waals surface area contributed by atoms with E-state index in [1.807, 2.05) is 0 Å². The highest BCUT2D eigenvalue weighted by Crippen LogP contribution is 2.60. The van der Waals surface area contributed by atoms with Gasteiger partial charge in [0.25, 0.3) is 0 Å². The van der Waals surface area contributed by atoms with Crippen molar-refractivity contribution >= 4 is 33.4 Å². The van der Waals surface area contributed by atoms with Crippen molar-refractivity contribution in [1.29, 1.82) is 0 Å². The van der Waals surface area contributed by atoms with Crippen LogP contribution in [0.25, 0.3) is 0 Å². The van der Waals surface area contributed by atoms with Crippen molar-refractivity contribution in [3.05, 3.63) is 34.9 Å². The number of allylic oxidation sites excluding steroid dienone is 1. The zero-order chi connectivity index (χ0) is 48.4. The van der Waals surface area contributed by atoms with Gasteiger partial charge in [-0.25, -0.2) is 13.9 Å². The van der Waals surface area contributed by atoms with Crippen LogP contribution in [0.4, 0.5) is 5.82 Å². The van der Waals surface area contributed by atoms with Crippen molar-refractivity contribution in [2.24, 2.45) is 5.92 Å². The number of epoxide rings is 1. The average Bonchev–Trinajstić information content (AvgIpc) is 3.96. The van der Waals surface area contributed by atoms with E-state index in [1.165, 1.54) is 57.4 Å². The number of phosphoric acid groups is 2. The van der Waals surface area contributed by atoms with E-state index in [4.69, 9.17) is 33.7 Å². The molecule has 0 radical (unpaired) electrons. The maximum Gasteiger partial charge on any atom is 0.481 e. The molecule has 1 aromatic rings. The van der Waals surface area contributed by atoms with Crippen LogP contribution in [0.15, 0.2) is 29.2 Å². The first-order valence-corrected chi connectivity index (χ1v) is 27.2. The maximum atomic E-state index is 12.8. The summed E-state index contributed by atoms with van der Waals surface area (Å²) in [6.45, 7) is 4.39. The highest BCUT2D eigenvalue weighted by Gasteiger charge is 2.46. The Bertz CT molecular complexity index is 1740. The molecule has 380 valence electrons. The van der Waals surface area contributed by atoms with Gasteiger partial charge < -0.3 is 44.7 Å². The number of phosphoric ester groups is 2. The first-order chi connectivity index (χ1) is 31.5. The third-order valence-corrected chi connectivity index (χ3v) is 14.4. The van der Waals surface area contributed by atoms with E-state index >= 15 is 0 Å². The fourth-order valence-corrected chi connectivity index (χ4v) is 9.64. The van der Waals surface area contributed by atoms with Gasteiger partial charge in [-0.3, -0.25) is 23.2 Å². The van der Waals surface area contributed by atoms with Crippen molar-refractivity contribution in [2.45, 2.75) is 211 Å². The monoisotopic (exact) mass is 979 g/mol. The number of rotatable bonds is 38. The fraction of sp³-hybridized carbons (Fsp3) is 0.822. The Morgan fingerprint density at radius 1 is 0.803 bits per heavy atom. The zero-order valence-corrected chi connectivity index (χ0v) is 41.2. The number of hydrogen-bond acceptors (Lipinski definition) is 16. The van der Waals surface area contributed by atoms with Crippen molar-refractivity contribution in [2.75, 3.05) is 25.6 Å². The summed E-state index contributed by atoms with van der Waals surface area (Å²) in [5.41, 5.74) is 4.58. The molecular weight excluding hydrogens is 900 g/mol. The summed E-state index contributed by atoms with van der Waals surface area (Å²) in [5.74, 6) is -0.543. The molecule has 2 aliphatic heterocycles. The van der Waals surface area contributed by atoms with Crippen LogP contribution in [0, 0.1) is 5.92 Å². The molecule has 0 amide bonds. The van der Waals surface area contributed by atoms with Crippen LogP contribution in [-0.4, -0.2) is 97.9 Å². The Kier molecular flexibility index (Phi) is 27.6. The number of unbranched alkanes of at least 4 members (excludes halogenated alkanes) is 14. The van der Waals surface area contributed by atoms with Gasteiger partial charge >= 0.3 is 33.3 Å². The minimum atomic E-state index is -5.42. The SMILES string of the molecule is CCCCCC1OC1C/C=C\CCCCCCCC(=O)O[C@H](COC(=O)CCCCCCCCCCC(C)CC)COP(=O)(O)OP(=O)(O)OC[C@H]1O[C@@H](n2ccc(N)nc2=O)[C@H](O)[C@@H]1O. The summed E-state index contributed by atoms with van der Waals surface area (Å²) < 4.78 is 62.4. The molecule has 0 spiro atoms. The summed E-state index contributed by atoms with van der Waals surface area (Å²) in [5, 5.41) is 20.9. The first-order valence-electron chi connectivity index (χ1n) is 24.2. The van der Waals surface area contributed by atoms with E-state index in [2.05, 4.69) is 42.2 Å².